The summed E-state index contributed by atoms with van der Waals surface area (Å²) in [6.07, 6.45) is 0. The fourth-order valence-corrected chi connectivity index (χ4v) is 2.34. The summed E-state index contributed by atoms with van der Waals surface area (Å²) >= 11 is 5.79. The molecule has 0 aromatic heterocycles. The number of hydrogen-bond acceptors (Lipinski definition) is 4. The van der Waals surface area contributed by atoms with Gasteiger partial charge in [0.15, 0.2) is 0 Å². The van der Waals surface area contributed by atoms with Gasteiger partial charge in [0.05, 0.1) is 19.1 Å². The maximum Gasteiger partial charge on any atom is 0.310 e. The van der Waals surface area contributed by atoms with Gasteiger partial charge in [-0.05, 0) is 31.3 Å². The highest BCUT2D eigenvalue weighted by Crippen LogP contribution is 2.19. The van der Waals surface area contributed by atoms with E-state index in [1.165, 1.54) is 0 Å². The third-order valence-corrected chi connectivity index (χ3v) is 3.71. The molecule has 1 heterocycles. The van der Waals surface area contributed by atoms with Crippen molar-refractivity contribution >= 4 is 17.6 Å². The molecule has 2 atom stereocenters. The standard InChI is InChI=1S/C14H18ClNO4/c1-16(13-9-19-8-12(13)14(17)18)6-7-20-11-4-2-10(15)3-5-11/h2-5,12-13H,6-9H2,1H3,(H,17,18). The van der Waals surface area contributed by atoms with Gasteiger partial charge in [-0.3, -0.25) is 9.69 Å². The van der Waals surface area contributed by atoms with Crippen LogP contribution in [0.2, 0.25) is 5.02 Å². The molecule has 20 heavy (non-hydrogen) atoms. The van der Waals surface area contributed by atoms with Crippen LogP contribution in [-0.4, -0.2) is 55.4 Å². The van der Waals surface area contributed by atoms with Gasteiger partial charge in [-0.25, -0.2) is 0 Å². The fourth-order valence-electron chi connectivity index (χ4n) is 2.22. The van der Waals surface area contributed by atoms with Gasteiger partial charge in [0, 0.05) is 17.6 Å². The van der Waals surface area contributed by atoms with E-state index in [0.717, 1.165) is 5.75 Å². The van der Waals surface area contributed by atoms with Crippen molar-refractivity contribution in [1.29, 1.82) is 0 Å². The normalized spacial score (nSPS) is 22.1. The molecule has 1 aromatic rings. The average molecular weight is 300 g/mol. The molecule has 1 aliphatic rings. The second-order valence-electron chi connectivity index (χ2n) is 4.83. The maximum absolute atomic E-state index is 11.1. The lowest BCUT2D eigenvalue weighted by molar-refractivity contribution is -0.143. The number of aliphatic carboxylic acids is 1. The number of benzene rings is 1. The van der Waals surface area contributed by atoms with Crippen molar-refractivity contribution in [2.45, 2.75) is 6.04 Å². The van der Waals surface area contributed by atoms with E-state index in [2.05, 4.69) is 0 Å². The zero-order valence-electron chi connectivity index (χ0n) is 11.3. The molecule has 0 spiro atoms. The van der Waals surface area contributed by atoms with Crippen molar-refractivity contribution in [2.75, 3.05) is 33.4 Å². The van der Waals surface area contributed by atoms with Crippen molar-refractivity contribution in [2.24, 2.45) is 5.92 Å². The quantitative estimate of drug-likeness (QED) is 0.867. The van der Waals surface area contributed by atoms with Crippen LogP contribution in [-0.2, 0) is 9.53 Å². The van der Waals surface area contributed by atoms with Crippen molar-refractivity contribution in [3.8, 4) is 5.75 Å². The van der Waals surface area contributed by atoms with Crippen molar-refractivity contribution in [1.82, 2.24) is 4.90 Å². The van der Waals surface area contributed by atoms with E-state index >= 15 is 0 Å². The fraction of sp³-hybridized carbons (Fsp3) is 0.500. The molecule has 1 aromatic carbocycles. The van der Waals surface area contributed by atoms with Crippen molar-refractivity contribution in [3.05, 3.63) is 29.3 Å². The van der Waals surface area contributed by atoms with E-state index in [9.17, 15) is 4.79 Å². The molecule has 2 rings (SSSR count). The maximum atomic E-state index is 11.1. The largest absolute Gasteiger partial charge is 0.492 e. The first kappa shape index (κ1) is 15.1. The van der Waals surface area contributed by atoms with Crippen LogP contribution in [0.3, 0.4) is 0 Å². The van der Waals surface area contributed by atoms with Crippen molar-refractivity contribution < 1.29 is 19.4 Å². The second kappa shape index (κ2) is 6.92. The Morgan fingerprint density at radius 3 is 2.80 bits per heavy atom. The number of rotatable bonds is 6. The van der Waals surface area contributed by atoms with E-state index < -0.39 is 11.9 Å². The topological polar surface area (TPSA) is 59.0 Å². The number of ether oxygens (including phenoxy) is 2. The third kappa shape index (κ3) is 3.85. The molecule has 1 fully saturated rings. The summed E-state index contributed by atoms with van der Waals surface area (Å²) in [5, 5.41) is 9.78. The molecular weight excluding hydrogens is 282 g/mol. The van der Waals surface area contributed by atoms with Crippen LogP contribution in [0.5, 0.6) is 5.75 Å². The molecule has 6 heteroatoms. The Hall–Kier alpha value is -1.30. The number of carboxylic acids is 1. The molecular formula is C14H18ClNO4. The highest BCUT2D eigenvalue weighted by molar-refractivity contribution is 6.30. The van der Waals surface area contributed by atoms with Gasteiger partial charge in [-0.2, -0.15) is 0 Å². The summed E-state index contributed by atoms with van der Waals surface area (Å²) in [7, 11) is 1.89. The van der Waals surface area contributed by atoms with Gasteiger partial charge in [-0.1, -0.05) is 11.6 Å². The van der Waals surface area contributed by atoms with Gasteiger partial charge in [0.2, 0.25) is 0 Å². The van der Waals surface area contributed by atoms with Gasteiger partial charge in [0.25, 0.3) is 0 Å². The summed E-state index contributed by atoms with van der Waals surface area (Å²) in [4.78, 5) is 13.1. The van der Waals surface area contributed by atoms with E-state index in [0.29, 0.717) is 24.8 Å². The predicted molar refractivity (Wildman–Crippen MR) is 75.3 cm³/mol. The minimum atomic E-state index is -0.807. The van der Waals surface area contributed by atoms with Crippen LogP contribution in [0.4, 0.5) is 0 Å². The van der Waals surface area contributed by atoms with Gasteiger partial charge < -0.3 is 14.6 Å². The molecule has 0 radical (unpaired) electrons. The Kier molecular flexibility index (Phi) is 5.23. The number of halogens is 1. The Morgan fingerprint density at radius 2 is 2.15 bits per heavy atom. The Balaban J connectivity index is 1.78. The minimum Gasteiger partial charge on any atom is -0.492 e. The molecule has 5 nitrogen and oxygen atoms in total. The molecule has 0 bridgehead atoms. The lowest BCUT2D eigenvalue weighted by Crippen LogP contribution is -2.42. The second-order valence-corrected chi connectivity index (χ2v) is 5.27. The van der Waals surface area contributed by atoms with Gasteiger partial charge in [0.1, 0.15) is 12.4 Å². The molecule has 0 saturated carbocycles. The predicted octanol–water partition coefficient (Wildman–Crippen LogP) is 1.75. The number of likely N-dealkylation sites (N-methyl/N-ethyl adjacent to an activating group) is 1. The van der Waals surface area contributed by atoms with Crippen LogP contribution in [0.25, 0.3) is 0 Å². The zero-order valence-corrected chi connectivity index (χ0v) is 12.0. The summed E-state index contributed by atoms with van der Waals surface area (Å²) in [5.74, 6) is -0.520. The van der Waals surface area contributed by atoms with E-state index in [1.807, 2.05) is 11.9 Å². The molecule has 1 saturated heterocycles. The van der Waals surface area contributed by atoms with Crippen molar-refractivity contribution in [3.63, 3.8) is 0 Å². The van der Waals surface area contributed by atoms with Crippen LogP contribution in [0.1, 0.15) is 0 Å². The summed E-state index contributed by atoms with van der Waals surface area (Å²) < 4.78 is 10.9. The summed E-state index contributed by atoms with van der Waals surface area (Å²) in [6, 6.07) is 7.06. The van der Waals surface area contributed by atoms with E-state index in [1.54, 1.807) is 24.3 Å². The SMILES string of the molecule is CN(CCOc1ccc(Cl)cc1)C1COCC1C(=O)O. The smallest absolute Gasteiger partial charge is 0.310 e. The molecule has 0 amide bonds. The van der Waals surface area contributed by atoms with Crippen LogP contribution in [0, 0.1) is 5.92 Å². The van der Waals surface area contributed by atoms with E-state index in [4.69, 9.17) is 26.2 Å². The molecule has 0 aliphatic carbocycles. The van der Waals surface area contributed by atoms with Crippen LogP contribution >= 0.6 is 11.6 Å². The number of carbonyl (C=O) groups is 1. The third-order valence-electron chi connectivity index (χ3n) is 3.46. The van der Waals surface area contributed by atoms with Crippen LogP contribution in [0.15, 0.2) is 24.3 Å². The number of hydrogen-bond donors (Lipinski definition) is 1. The Labute approximate surface area is 123 Å². The average Bonchev–Trinajstić information content (AvgIpc) is 2.90. The number of carboxylic acid groups (broad SMARTS) is 1. The first-order valence-electron chi connectivity index (χ1n) is 6.47. The molecule has 110 valence electrons. The van der Waals surface area contributed by atoms with Gasteiger partial charge >= 0.3 is 5.97 Å². The lowest BCUT2D eigenvalue weighted by atomic mass is 10.0. The Morgan fingerprint density at radius 1 is 1.45 bits per heavy atom. The summed E-state index contributed by atoms with van der Waals surface area (Å²) in [5.41, 5.74) is 0. The monoisotopic (exact) mass is 299 g/mol. The first-order valence-corrected chi connectivity index (χ1v) is 6.85. The molecule has 1 aliphatic heterocycles. The van der Waals surface area contributed by atoms with Gasteiger partial charge in [-0.15, -0.1) is 0 Å². The first-order chi connectivity index (χ1) is 9.58. The van der Waals surface area contributed by atoms with E-state index in [-0.39, 0.29) is 12.6 Å². The minimum absolute atomic E-state index is 0.0960. The highest BCUT2D eigenvalue weighted by Gasteiger charge is 2.36. The Bertz CT molecular complexity index is 451. The highest BCUT2D eigenvalue weighted by atomic mass is 35.5. The summed E-state index contributed by atoms with van der Waals surface area (Å²) in [6.45, 7) is 1.86. The molecule has 2 unspecified atom stereocenters. The zero-order chi connectivity index (χ0) is 14.5. The van der Waals surface area contributed by atoms with Crippen LogP contribution < -0.4 is 4.74 Å². The molecule has 1 N–H and O–H groups in total. The number of nitrogens with zero attached hydrogens (tertiary/aromatic N) is 1. The lowest BCUT2D eigenvalue weighted by Gasteiger charge is -2.25.